The molecule has 0 aromatic heterocycles. The molecule has 2 aromatic carbocycles. The number of hydrogen-bond acceptors (Lipinski definition) is 3. The molecule has 0 saturated heterocycles. The lowest BCUT2D eigenvalue weighted by atomic mass is 10.1. The molecule has 19 heavy (non-hydrogen) atoms. The summed E-state index contributed by atoms with van der Waals surface area (Å²) < 4.78 is 0. The van der Waals surface area contributed by atoms with E-state index < -0.39 is 0 Å². The van der Waals surface area contributed by atoms with E-state index in [9.17, 15) is 15.0 Å². The summed E-state index contributed by atoms with van der Waals surface area (Å²) in [5.41, 5.74) is 2.18. The summed E-state index contributed by atoms with van der Waals surface area (Å²) in [5, 5.41) is 21.9. The topological polar surface area (TPSA) is 69.6 Å². The molecule has 0 bridgehead atoms. The van der Waals surface area contributed by atoms with Crippen LogP contribution in [-0.4, -0.2) is 16.1 Å². The molecule has 0 fully saturated rings. The van der Waals surface area contributed by atoms with Crippen molar-refractivity contribution in [1.82, 2.24) is 0 Å². The molecule has 2 aromatic rings. The van der Waals surface area contributed by atoms with Gasteiger partial charge in [-0.1, -0.05) is 12.1 Å². The Labute approximate surface area is 111 Å². The zero-order chi connectivity index (χ0) is 14.0. The van der Waals surface area contributed by atoms with Crippen LogP contribution >= 0.6 is 0 Å². The Balaban J connectivity index is 2.26. The summed E-state index contributed by atoms with van der Waals surface area (Å²) >= 11 is 0. The average Bonchev–Trinajstić information content (AvgIpc) is 2.37. The summed E-state index contributed by atoms with van der Waals surface area (Å²) in [5.74, 6) is -0.110. The van der Waals surface area contributed by atoms with Gasteiger partial charge in [0.25, 0.3) is 5.91 Å². The zero-order valence-corrected chi connectivity index (χ0v) is 10.8. The lowest BCUT2D eigenvalue weighted by molar-refractivity contribution is 0.102. The highest BCUT2D eigenvalue weighted by atomic mass is 16.3. The Kier molecular flexibility index (Phi) is 3.42. The van der Waals surface area contributed by atoms with Crippen molar-refractivity contribution >= 4 is 11.6 Å². The molecule has 0 unspecified atom stereocenters. The van der Waals surface area contributed by atoms with Gasteiger partial charge >= 0.3 is 0 Å². The van der Waals surface area contributed by atoms with Crippen LogP contribution in [0, 0.1) is 13.8 Å². The van der Waals surface area contributed by atoms with Gasteiger partial charge in [0.1, 0.15) is 11.5 Å². The first-order valence-corrected chi connectivity index (χ1v) is 5.88. The molecule has 0 atom stereocenters. The number of anilines is 1. The number of rotatable bonds is 2. The molecule has 0 aliphatic heterocycles. The van der Waals surface area contributed by atoms with Gasteiger partial charge in [0.2, 0.25) is 0 Å². The van der Waals surface area contributed by atoms with E-state index in [1.165, 1.54) is 12.1 Å². The molecule has 4 heteroatoms. The summed E-state index contributed by atoms with van der Waals surface area (Å²) in [6, 6.07) is 9.71. The number of hydrogen-bond donors (Lipinski definition) is 3. The molecule has 3 N–H and O–H groups in total. The average molecular weight is 257 g/mol. The van der Waals surface area contributed by atoms with Crippen molar-refractivity contribution in [1.29, 1.82) is 0 Å². The number of amides is 1. The van der Waals surface area contributed by atoms with Crippen LogP contribution in [0.4, 0.5) is 5.69 Å². The molecule has 0 saturated carbocycles. The predicted octanol–water partition coefficient (Wildman–Crippen LogP) is 2.97. The van der Waals surface area contributed by atoms with Crippen molar-refractivity contribution in [3.8, 4) is 11.5 Å². The monoisotopic (exact) mass is 257 g/mol. The van der Waals surface area contributed by atoms with Gasteiger partial charge in [-0.05, 0) is 37.6 Å². The number of phenols is 2. The van der Waals surface area contributed by atoms with Gasteiger partial charge in [0.15, 0.2) is 0 Å². The maximum Gasteiger partial charge on any atom is 0.256 e. The second kappa shape index (κ2) is 5.02. The van der Waals surface area contributed by atoms with Crippen molar-refractivity contribution in [3.63, 3.8) is 0 Å². The second-order valence-corrected chi connectivity index (χ2v) is 4.41. The first-order valence-electron chi connectivity index (χ1n) is 5.88. The van der Waals surface area contributed by atoms with Gasteiger partial charge in [-0.15, -0.1) is 0 Å². The van der Waals surface area contributed by atoms with Crippen molar-refractivity contribution < 1.29 is 15.0 Å². The number of phenolic OH excluding ortho intramolecular Hbond substituents is 2. The molecule has 0 aliphatic carbocycles. The van der Waals surface area contributed by atoms with E-state index in [2.05, 4.69) is 5.32 Å². The Morgan fingerprint density at radius 1 is 1.05 bits per heavy atom. The summed E-state index contributed by atoms with van der Waals surface area (Å²) in [6.07, 6.45) is 0. The molecule has 0 aliphatic rings. The highest BCUT2D eigenvalue weighted by Gasteiger charge is 2.11. The Bertz CT molecular complexity index is 635. The largest absolute Gasteiger partial charge is 0.508 e. The molecular weight excluding hydrogens is 242 g/mol. The molecule has 4 nitrogen and oxygen atoms in total. The highest BCUT2D eigenvalue weighted by Crippen LogP contribution is 2.23. The minimum atomic E-state index is -0.323. The van der Waals surface area contributed by atoms with E-state index in [1.807, 2.05) is 0 Å². The van der Waals surface area contributed by atoms with Crippen LogP contribution in [0.5, 0.6) is 11.5 Å². The standard InChI is InChI=1S/C15H15NO3/c1-9-6-7-11(8-14(9)18)16-15(19)12-4-3-5-13(17)10(12)2/h3-8,17-18H,1-2H3,(H,16,19). The molecule has 2 rings (SSSR count). The Morgan fingerprint density at radius 2 is 1.79 bits per heavy atom. The molecule has 1 amide bonds. The third-order valence-electron chi connectivity index (χ3n) is 3.02. The van der Waals surface area contributed by atoms with E-state index in [1.54, 1.807) is 38.1 Å². The number of carbonyl (C=O) groups is 1. The van der Waals surface area contributed by atoms with Crippen LogP contribution in [-0.2, 0) is 0 Å². The van der Waals surface area contributed by atoms with E-state index in [0.717, 1.165) is 5.56 Å². The summed E-state index contributed by atoms with van der Waals surface area (Å²) in [7, 11) is 0. The third kappa shape index (κ3) is 2.68. The molecule has 0 heterocycles. The summed E-state index contributed by atoms with van der Waals surface area (Å²) in [4.78, 5) is 12.1. The van der Waals surface area contributed by atoms with Gasteiger partial charge in [0, 0.05) is 22.9 Å². The van der Waals surface area contributed by atoms with E-state index in [-0.39, 0.29) is 17.4 Å². The number of nitrogens with one attached hydrogen (secondary N) is 1. The van der Waals surface area contributed by atoms with Gasteiger partial charge < -0.3 is 15.5 Å². The first-order chi connectivity index (χ1) is 8.99. The van der Waals surface area contributed by atoms with Crippen molar-refractivity contribution in [3.05, 3.63) is 53.1 Å². The normalized spacial score (nSPS) is 10.2. The maximum absolute atomic E-state index is 12.1. The molecule has 98 valence electrons. The van der Waals surface area contributed by atoms with Crippen molar-refractivity contribution in [2.24, 2.45) is 0 Å². The van der Waals surface area contributed by atoms with Gasteiger partial charge in [-0.3, -0.25) is 4.79 Å². The SMILES string of the molecule is Cc1ccc(NC(=O)c2cccc(O)c2C)cc1O. The van der Waals surface area contributed by atoms with Crippen LogP contribution in [0.15, 0.2) is 36.4 Å². The fraction of sp³-hybridized carbons (Fsp3) is 0.133. The van der Waals surface area contributed by atoms with Crippen molar-refractivity contribution in [2.75, 3.05) is 5.32 Å². The molecular formula is C15H15NO3. The fourth-order valence-corrected chi connectivity index (χ4v) is 1.76. The smallest absolute Gasteiger partial charge is 0.256 e. The lowest BCUT2D eigenvalue weighted by Crippen LogP contribution is -2.13. The van der Waals surface area contributed by atoms with Gasteiger partial charge in [0.05, 0.1) is 0 Å². The maximum atomic E-state index is 12.1. The molecule has 0 spiro atoms. The number of aromatic hydroxyl groups is 2. The summed E-state index contributed by atoms with van der Waals surface area (Å²) in [6.45, 7) is 3.46. The van der Waals surface area contributed by atoms with Crippen LogP contribution < -0.4 is 5.32 Å². The van der Waals surface area contributed by atoms with Crippen LogP contribution in [0.1, 0.15) is 21.5 Å². The second-order valence-electron chi connectivity index (χ2n) is 4.41. The predicted molar refractivity (Wildman–Crippen MR) is 73.6 cm³/mol. The Hall–Kier alpha value is -2.49. The van der Waals surface area contributed by atoms with E-state index in [4.69, 9.17) is 0 Å². The first kappa shape index (κ1) is 13.0. The quantitative estimate of drug-likeness (QED) is 0.774. The van der Waals surface area contributed by atoms with Gasteiger partial charge in [-0.2, -0.15) is 0 Å². The third-order valence-corrected chi connectivity index (χ3v) is 3.02. The number of carbonyl (C=O) groups excluding carboxylic acids is 1. The van der Waals surface area contributed by atoms with Crippen molar-refractivity contribution in [2.45, 2.75) is 13.8 Å². The Morgan fingerprint density at radius 3 is 2.47 bits per heavy atom. The fourth-order valence-electron chi connectivity index (χ4n) is 1.76. The highest BCUT2D eigenvalue weighted by molar-refractivity contribution is 6.05. The lowest BCUT2D eigenvalue weighted by Gasteiger charge is -2.09. The minimum Gasteiger partial charge on any atom is -0.508 e. The van der Waals surface area contributed by atoms with E-state index in [0.29, 0.717) is 16.8 Å². The molecule has 0 radical (unpaired) electrons. The van der Waals surface area contributed by atoms with Gasteiger partial charge in [-0.25, -0.2) is 0 Å². The van der Waals surface area contributed by atoms with Crippen LogP contribution in [0.2, 0.25) is 0 Å². The van der Waals surface area contributed by atoms with Crippen LogP contribution in [0.25, 0.3) is 0 Å². The number of benzene rings is 2. The minimum absolute atomic E-state index is 0.0828. The van der Waals surface area contributed by atoms with E-state index >= 15 is 0 Å². The number of aryl methyl sites for hydroxylation is 1. The zero-order valence-electron chi connectivity index (χ0n) is 10.8. The van der Waals surface area contributed by atoms with Crippen LogP contribution in [0.3, 0.4) is 0 Å².